The lowest BCUT2D eigenvalue weighted by molar-refractivity contribution is -0.123. The molecular formula is C15H25N3OS. The molecule has 1 aromatic heterocycles. The first-order chi connectivity index (χ1) is 9.66. The normalized spacial score (nSPS) is 18.8. The number of nitrogens with one attached hydrogen (secondary N) is 2. The van der Waals surface area contributed by atoms with Crippen molar-refractivity contribution in [2.24, 2.45) is 5.92 Å². The van der Waals surface area contributed by atoms with Crippen LogP contribution < -0.4 is 10.6 Å². The lowest BCUT2D eigenvalue weighted by Gasteiger charge is -2.24. The van der Waals surface area contributed by atoms with Crippen molar-refractivity contribution in [1.29, 1.82) is 0 Å². The third-order valence-corrected chi connectivity index (χ3v) is 4.59. The van der Waals surface area contributed by atoms with Crippen LogP contribution in [0.4, 0.5) is 0 Å². The van der Waals surface area contributed by atoms with Crippen molar-refractivity contribution in [2.75, 3.05) is 32.7 Å². The second-order valence-corrected chi connectivity index (χ2v) is 6.66. The van der Waals surface area contributed by atoms with Crippen molar-refractivity contribution >= 4 is 17.2 Å². The van der Waals surface area contributed by atoms with Gasteiger partial charge in [-0.1, -0.05) is 19.9 Å². The molecule has 1 amide bonds. The van der Waals surface area contributed by atoms with Gasteiger partial charge in [-0.15, -0.1) is 11.3 Å². The van der Waals surface area contributed by atoms with Gasteiger partial charge in [-0.25, -0.2) is 0 Å². The molecular weight excluding hydrogens is 270 g/mol. The molecule has 0 radical (unpaired) electrons. The summed E-state index contributed by atoms with van der Waals surface area (Å²) in [5.74, 6) is 0.544. The zero-order valence-corrected chi connectivity index (χ0v) is 13.2. The van der Waals surface area contributed by atoms with Crippen LogP contribution in [0.3, 0.4) is 0 Å². The Morgan fingerprint density at radius 2 is 2.30 bits per heavy atom. The Hall–Kier alpha value is -0.910. The Balaban J connectivity index is 1.88. The Labute approximate surface area is 125 Å². The van der Waals surface area contributed by atoms with Crippen molar-refractivity contribution in [1.82, 2.24) is 15.5 Å². The first kappa shape index (κ1) is 15.5. The fourth-order valence-electron chi connectivity index (χ4n) is 2.52. The fraction of sp³-hybridized carbons (Fsp3) is 0.667. The van der Waals surface area contributed by atoms with E-state index in [1.54, 1.807) is 11.3 Å². The van der Waals surface area contributed by atoms with E-state index in [0.717, 1.165) is 32.6 Å². The summed E-state index contributed by atoms with van der Waals surface area (Å²) in [6.07, 6.45) is 1.12. The molecule has 2 N–H and O–H groups in total. The molecule has 0 aliphatic carbocycles. The number of amides is 1. The van der Waals surface area contributed by atoms with Gasteiger partial charge in [0.2, 0.25) is 5.91 Å². The van der Waals surface area contributed by atoms with Crippen molar-refractivity contribution in [3.8, 4) is 0 Å². The van der Waals surface area contributed by atoms with Gasteiger partial charge >= 0.3 is 0 Å². The Bertz CT molecular complexity index is 397. The van der Waals surface area contributed by atoms with Gasteiger partial charge in [0.15, 0.2) is 0 Å². The predicted molar refractivity (Wildman–Crippen MR) is 84.0 cm³/mol. The molecule has 0 bridgehead atoms. The van der Waals surface area contributed by atoms with Crippen LogP contribution in [0.25, 0.3) is 0 Å². The SMILES string of the molecule is CC(C)C(NC(=O)CN1CCCNCC1)c1cccs1. The summed E-state index contributed by atoms with van der Waals surface area (Å²) in [4.78, 5) is 15.7. The van der Waals surface area contributed by atoms with E-state index in [-0.39, 0.29) is 11.9 Å². The third kappa shape index (κ3) is 4.58. The molecule has 0 saturated carbocycles. The van der Waals surface area contributed by atoms with E-state index < -0.39 is 0 Å². The largest absolute Gasteiger partial charge is 0.347 e. The van der Waals surface area contributed by atoms with Crippen LogP contribution in [0, 0.1) is 5.92 Å². The van der Waals surface area contributed by atoms with Crippen LogP contribution in [-0.4, -0.2) is 43.5 Å². The monoisotopic (exact) mass is 295 g/mol. The van der Waals surface area contributed by atoms with Crippen molar-refractivity contribution in [3.63, 3.8) is 0 Å². The first-order valence-electron chi connectivity index (χ1n) is 7.42. The van der Waals surface area contributed by atoms with Gasteiger partial charge in [0.25, 0.3) is 0 Å². The minimum absolute atomic E-state index is 0.132. The Kier molecular flexibility index (Phi) is 6.01. The zero-order valence-electron chi connectivity index (χ0n) is 12.4. The minimum atomic E-state index is 0.132. The van der Waals surface area contributed by atoms with E-state index in [4.69, 9.17) is 0 Å². The molecule has 0 spiro atoms. The molecule has 1 aromatic rings. The van der Waals surface area contributed by atoms with Crippen LogP contribution in [0.5, 0.6) is 0 Å². The molecule has 2 rings (SSSR count). The first-order valence-corrected chi connectivity index (χ1v) is 8.30. The van der Waals surface area contributed by atoms with Gasteiger partial charge in [0, 0.05) is 18.0 Å². The molecule has 1 saturated heterocycles. The molecule has 4 nitrogen and oxygen atoms in total. The van der Waals surface area contributed by atoms with Crippen LogP contribution >= 0.6 is 11.3 Å². The molecule has 2 heterocycles. The Morgan fingerprint density at radius 1 is 1.45 bits per heavy atom. The Morgan fingerprint density at radius 3 is 3.00 bits per heavy atom. The van der Waals surface area contributed by atoms with Gasteiger partial charge < -0.3 is 10.6 Å². The van der Waals surface area contributed by atoms with Gasteiger partial charge in [0.1, 0.15) is 0 Å². The molecule has 112 valence electrons. The molecule has 1 aliphatic heterocycles. The third-order valence-electron chi connectivity index (χ3n) is 3.63. The van der Waals surface area contributed by atoms with E-state index in [1.807, 2.05) is 6.07 Å². The quantitative estimate of drug-likeness (QED) is 0.871. The smallest absolute Gasteiger partial charge is 0.234 e. The second kappa shape index (κ2) is 7.76. The maximum atomic E-state index is 12.3. The highest BCUT2D eigenvalue weighted by Gasteiger charge is 2.20. The van der Waals surface area contributed by atoms with Crippen LogP contribution in [-0.2, 0) is 4.79 Å². The van der Waals surface area contributed by atoms with Crippen LogP contribution in [0.2, 0.25) is 0 Å². The number of nitrogens with zero attached hydrogens (tertiary/aromatic N) is 1. The summed E-state index contributed by atoms with van der Waals surface area (Å²) in [6.45, 7) is 8.82. The number of rotatable bonds is 5. The van der Waals surface area contributed by atoms with Gasteiger partial charge in [-0.2, -0.15) is 0 Å². The summed E-state index contributed by atoms with van der Waals surface area (Å²) in [7, 11) is 0. The minimum Gasteiger partial charge on any atom is -0.347 e. The highest BCUT2D eigenvalue weighted by Crippen LogP contribution is 2.25. The number of carbonyl (C=O) groups is 1. The second-order valence-electron chi connectivity index (χ2n) is 5.68. The molecule has 1 fully saturated rings. The van der Waals surface area contributed by atoms with Crippen LogP contribution in [0.1, 0.15) is 31.2 Å². The zero-order chi connectivity index (χ0) is 14.4. The fourth-order valence-corrected chi connectivity index (χ4v) is 3.47. The number of hydrogen-bond acceptors (Lipinski definition) is 4. The molecule has 1 unspecified atom stereocenters. The van der Waals surface area contributed by atoms with Crippen molar-refractivity contribution < 1.29 is 4.79 Å². The maximum Gasteiger partial charge on any atom is 0.234 e. The molecule has 20 heavy (non-hydrogen) atoms. The lowest BCUT2D eigenvalue weighted by atomic mass is 10.0. The number of carbonyl (C=O) groups excluding carboxylic acids is 1. The topological polar surface area (TPSA) is 44.4 Å². The summed E-state index contributed by atoms with van der Waals surface area (Å²) >= 11 is 1.71. The van der Waals surface area contributed by atoms with Gasteiger partial charge in [-0.05, 0) is 36.9 Å². The molecule has 1 aliphatic rings. The van der Waals surface area contributed by atoms with E-state index in [1.165, 1.54) is 4.88 Å². The van der Waals surface area contributed by atoms with Crippen molar-refractivity contribution in [3.05, 3.63) is 22.4 Å². The standard InChI is InChI=1S/C15H25N3OS/c1-12(2)15(13-5-3-10-20-13)17-14(19)11-18-8-4-6-16-7-9-18/h3,5,10,12,15-16H,4,6-9,11H2,1-2H3,(H,17,19). The highest BCUT2D eigenvalue weighted by atomic mass is 32.1. The average Bonchev–Trinajstić information content (AvgIpc) is 2.81. The summed E-state index contributed by atoms with van der Waals surface area (Å²) < 4.78 is 0. The van der Waals surface area contributed by atoms with E-state index in [0.29, 0.717) is 12.5 Å². The predicted octanol–water partition coefficient (Wildman–Crippen LogP) is 1.86. The van der Waals surface area contributed by atoms with E-state index in [9.17, 15) is 4.79 Å². The van der Waals surface area contributed by atoms with E-state index in [2.05, 4.69) is 40.8 Å². The molecule has 0 aromatic carbocycles. The maximum absolute atomic E-state index is 12.3. The summed E-state index contributed by atoms with van der Waals surface area (Å²) in [5.41, 5.74) is 0. The van der Waals surface area contributed by atoms with Crippen LogP contribution in [0.15, 0.2) is 17.5 Å². The lowest BCUT2D eigenvalue weighted by Crippen LogP contribution is -2.41. The summed E-state index contributed by atoms with van der Waals surface area (Å²) in [5, 5.41) is 8.62. The van der Waals surface area contributed by atoms with Gasteiger partial charge in [-0.3, -0.25) is 9.69 Å². The molecule has 1 atom stereocenters. The highest BCUT2D eigenvalue weighted by molar-refractivity contribution is 7.10. The van der Waals surface area contributed by atoms with Gasteiger partial charge in [0.05, 0.1) is 12.6 Å². The average molecular weight is 295 g/mol. The van der Waals surface area contributed by atoms with Crippen molar-refractivity contribution in [2.45, 2.75) is 26.3 Å². The summed E-state index contributed by atoms with van der Waals surface area (Å²) in [6, 6.07) is 4.28. The number of hydrogen-bond donors (Lipinski definition) is 2. The molecule has 5 heteroatoms. The number of thiophene rings is 1. The van der Waals surface area contributed by atoms with E-state index >= 15 is 0 Å².